The van der Waals surface area contributed by atoms with E-state index in [4.69, 9.17) is 0 Å². The molecule has 8 heavy (non-hydrogen) atoms. The average molecular weight is 109 g/mol. The largest absolute Gasteiger partial charge is 0.159 e. The summed E-state index contributed by atoms with van der Waals surface area (Å²) in [5, 5.41) is 3.69. The minimum atomic E-state index is 0.560. The summed E-state index contributed by atoms with van der Waals surface area (Å²) in [6, 6.07) is 0. The number of allylic oxidation sites excluding steroid dienone is 1. The van der Waals surface area contributed by atoms with E-state index in [9.17, 15) is 0 Å². The smallest absolute Gasteiger partial charge is 0.0546 e. The van der Waals surface area contributed by atoms with Crippen LogP contribution in [0.4, 0.5) is 0 Å². The van der Waals surface area contributed by atoms with Crippen molar-refractivity contribution in [3.63, 3.8) is 0 Å². The Balaban J connectivity index is 2.58. The van der Waals surface area contributed by atoms with Gasteiger partial charge >= 0.3 is 0 Å². The van der Waals surface area contributed by atoms with Crippen LogP contribution in [0.15, 0.2) is 16.9 Å². The van der Waals surface area contributed by atoms with Crippen LogP contribution in [0.2, 0.25) is 0 Å². The third-order valence-electron chi connectivity index (χ3n) is 1.15. The lowest BCUT2D eigenvalue weighted by Crippen LogP contribution is -1.91. The summed E-state index contributed by atoms with van der Waals surface area (Å²) in [6.45, 7) is 4.25. The van der Waals surface area contributed by atoms with Crippen molar-refractivity contribution in [2.75, 3.05) is 0 Å². The van der Waals surface area contributed by atoms with Gasteiger partial charge in [-0.1, -0.05) is 13.8 Å². The zero-order chi connectivity index (χ0) is 5.98. The molecule has 0 aliphatic carbocycles. The lowest BCUT2D eigenvalue weighted by molar-refractivity contribution is 0.803. The first-order valence-electron chi connectivity index (χ1n) is 2.74. The Morgan fingerprint density at radius 1 is 1.50 bits per heavy atom. The zero-order valence-electron chi connectivity index (χ0n) is 5.13. The molecule has 0 amide bonds. The van der Waals surface area contributed by atoms with E-state index >= 15 is 0 Å². The summed E-state index contributed by atoms with van der Waals surface area (Å²) in [6.07, 6.45) is 3.59. The minimum absolute atomic E-state index is 0.560. The van der Waals surface area contributed by atoms with Gasteiger partial charge in [0.15, 0.2) is 0 Å². The Morgan fingerprint density at radius 3 is 2.50 bits per heavy atom. The molecular formula is C6H9N2. The summed E-state index contributed by atoms with van der Waals surface area (Å²) in [4.78, 5) is 0. The van der Waals surface area contributed by atoms with Crippen LogP contribution in [-0.2, 0) is 0 Å². The van der Waals surface area contributed by atoms with Gasteiger partial charge in [-0.3, -0.25) is 0 Å². The van der Waals surface area contributed by atoms with Gasteiger partial charge in [-0.2, -0.15) is 10.5 Å². The molecule has 1 radical (unpaired) electrons. The van der Waals surface area contributed by atoms with Crippen molar-refractivity contribution in [2.24, 2.45) is 11.0 Å². The third-order valence-corrected chi connectivity index (χ3v) is 1.15. The molecular weight excluding hydrogens is 100 g/mol. The summed E-state index contributed by atoms with van der Waals surface area (Å²) < 4.78 is 0. The molecule has 1 aliphatic rings. The van der Waals surface area contributed by atoms with E-state index < -0.39 is 0 Å². The maximum atomic E-state index is 3.69. The highest BCUT2D eigenvalue weighted by atomic mass is 15.3. The van der Waals surface area contributed by atoms with Crippen LogP contribution in [0.3, 0.4) is 0 Å². The molecule has 0 N–H and O–H groups in total. The first kappa shape index (κ1) is 5.35. The molecule has 0 spiro atoms. The average Bonchev–Trinajstić information content (AvgIpc) is 2.12. The summed E-state index contributed by atoms with van der Waals surface area (Å²) >= 11 is 0. The predicted molar refractivity (Wildman–Crippen MR) is 33.5 cm³/mol. The van der Waals surface area contributed by atoms with Crippen LogP contribution in [0.5, 0.6) is 0 Å². The molecule has 43 valence electrons. The lowest BCUT2D eigenvalue weighted by atomic mass is 10.1. The van der Waals surface area contributed by atoms with Crippen LogP contribution in [-0.4, -0.2) is 6.21 Å². The highest BCUT2D eigenvalue weighted by molar-refractivity contribution is 5.80. The van der Waals surface area contributed by atoms with Gasteiger partial charge < -0.3 is 0 Å². The van der Waals surface area contributed by atoms with Crippen molar-refractivity contribution in [3.05, 3.63) is 11.8 Å². The van der Waals surface area contributed by atoms with Crippen molar-refractivity contribution in [3.8, 4) is 0 Å². The van der Waals surface area contributed by atoms with Gasteiger partial charge in [-0.05, 0) is 11.5 Å². The maximum Gasteiger partial charge on any atom is 0.0546 e. The van der Waals surface area contributed by atoms with Crippen LogP contribution >= 0.6 is 0 Å². The van der Waals surface area contributed by atoms with Gasteiger partial charge in [0.25, 0.3) is 0 Å². The van der Waals surface area contributed by atoms with E-state index in [-0.39, 0.29) is 0 Å². The number of hydrogen-bond acceptors (Lipinski definition) is 1. The monoisotopic (exact) mass is 109 g/mol. The van der Waals surface area contributed by atoms with Crippen molar-refractivity contribution in [1.82, 2.24) is 5.43 Å². The van der Waals surface area contributed by atoms with E-state index in [0.717, 1.165) is 0 Å². The maximum absolute atomic E-state index is 3.69. The molecule has 0 saturated heterocycles. The topological polar surface area (TPSA) is 26.5 Å². The summed E-state index contributed by atoms with van der Waals surface area (Å²) in [7, 11) is 0. The van der Waals surface area contributed by atoms with E-state index in [1.807, 2.05) is 0 Å². The van der Waals surface area contributed by atoms with Gasteiger partial charge in [0, 0.05) is 0 Å². The Kier molecular flexibility index (Phi) is 1.33. The summed E-state index contributed by atoms with van der Waals surface area (Å²) in [5.74, 6) is 0.560. The number of hydrogen-bond donors (Lipinski definition) is 0. The Morgan fingerprint density at radius 2 is 2.25 bits per heavy atom. The molecule has 0 aromatic carbocycles. The molecule has 1 aliphatic heterocycles. The van der Waals surface area contributed by atoms with E-state index in [0.29, 0.717) is 5.92 Å². The number of nitrogens with zero attached hydrogens (tertiary/aromatic N) is 2. The molecule has 0 aromatic rings. The fraction of sp³-hybridized carbons (Fsp3) is 0.500. The molecule has 0 bridgehead atoms. The fourth-order valence-electron chi connectivity index (χ4n) is 0.531. The molecule has 0 saturated carbocycles. The Labute approximate surface area is 49.3 Å². The lowest BCUT2D eigenvalue weighted by Gasteiger charge is -1.96. The van der Waals surface area contributed by atoms with Crippen LogP contribution in [0, 0.1) is 5.92 Å². The molecule has 0 unspecified atom stereocenters. The molecule has 0 fully saturated rings. The highest BCUT2D eigenvalue weighted by Gasteiger charge is 2.02. The van der Waals surface area contributed by atoms with Crippen LogP contribution < -0.4 is 5.43 Å². The standard InChI is InChI=1S/C6H9N2/c1-5(2)6-3-7-8-4-6/h3-5H,1-2H3. The first-order chi connectivity index (χ1) is 3.80. The van der Waals surface area contributed by atoms with E-state index in [1.54, 1.807) is 12.4 Å². The second kappa shape index (κ2) is 1.99. The second-order valence-corrected chi connectivity index (χ2v) is 2.14. The van der Waals surface area contributed by atoms with Gasteiger partial charge in [-0.15, -0.1) is 0 Å². The molecule has 0 atom stereocenters. The molecule has 1 rings (SSSR count). The van der Waals surface area contributed by atoms with Crippen LogP contribution in [0.1, 0.15) is 13.8 Å². The van der Waals surface area contributed by atoms with E-state index in [2.05, 4.69) is 24.4 Å². The molecule has 2 nitrogen and oxygen atoms in total. The van der Waals surface area contributed by atoms with Crippen molar-refractivity contribution in [2.45, 2.75) is 13.8 Å². The Bertz CT molecular complexity index is 133. The first-order valence-corrected chi connectivity index (χ1v) is 2.74. The highest BCUT2D eigenvalue weighted by Crippen LogP contribution is 2.08. The quantitative estimate of drug-likeness (QED) is 0.482. The molecule has 2 heteroatoms. The summed E-state index contributed by atoms with van der Waals surface area (Å²) in [5.41, 5.74) is 4.91. The van der Waals surface area contributed by atoms with Gasteiger partial charge in [0.1, 0.15) is 0 Å². The SMILES string of the molecule is CC(C)C1=C[N]N=C1. The van der Waals surface area contributed by atoms with Crippen molar-refractivity contribution < 1.29 is 0 Å². The number of rotatable bonds is 1. The van der Waals surface area contributed by atoms with Gasteiger partial charge in [-0.25, -0.2) is 0 Å². The Hall–Kier alpha value is -0.790. The van der Waals surface area contributed by atoms with Crippen LogP contribution in [0.25, 0.3) is 0 Å². The van der Waals surface area contributed by atoms with Crippen molar-refractivity contribution in [1.29, 1.82) is 0 Å². The fourth-order valence-corrected chi connectivity index (χ4v) is 0.531. The predicted octanol–water partition coefficient (Wildman–Crippen LogP) is 1.13. The zero-order valence-corrected chi connectivity index (χ0v) is 5.13. The normalized spacial score (nSPS) is 16.6. The van der Waals surface area contributed by atoms with Crippen molar-refractivity contribution >= 4 is 6.21 Å². The van der Waals surface area contributed by atoms with E-state index in [1.165, 1.54) is 5.57 Å². The van der Waals surface area contributed by atoms with Gasteiger partial charge in [0.2, 0.25) is 0 Å². The van der Waals surface area contributed by atoms with Gasteiger partial charge in [0.05, 0.1) is 12.4 Å². The molecule has 0 aromatic heterocycles. The third kappa shape index (κ3) is 0.886. The minimum Gasteiger partial charge on any atom is -0.159 e. The molecule has 1 heterocycles. The second-order valence-electron chi connectivity index (χ2n) is 2.14.